The topological polar surface area (TPSA) is 63.9 Å². The smallest absolute Gasteiger partial charge is 0.233 e. The van der Waals surface area contributed by atoms with Gasteiger partial charge in [0.2, 0.25) is 5.91 Å². The van der Waals surface area contributed by atoms with Gasteiger partial charge < -0.3 is 9.47 Å². The van der Waals surface area contributed by atoms with Crippen molar-refractivity contribution >= 4 is 17.7 Å². The summed E-state index contributed by atoms with van der Waals surface area (Å²) in [5, 5.41) is 9.15. The third-order valence-corrected chi connectivity index (χ3v) is 4.50. The van der Waals surface area contributed by atoms with Crippen LogP contribution in [0.1, 0.15) is 27.7 Å². The number of amides is 1. The molecule has 0 saturated carbocycles. The Morgan fingerprint density at radius 2 is 1.78 bits per heavy atom. The van der Waals surface area contributed by atoms with E-state index in [1.54, 1.807) is 12.4 Å². The van der Waals surface area contributed by atoms with E-state index < -0.39 is 0 Å². The largest absolute Gasteiger partial charge is 0.337 e. The molecule has 0 atom stereocenters. The van der Waals surface area contributed by atoms with Crippen LogP contribution in [0.4, 0.5) is 0 Å². The SMILES string of the molecule is CC(C)N(C(=O)CSc1nnc(-c2ccncc2)n1C)C(C)C. The minimum absolute atomic E-state index is 0.119. The zero-order chi connectivity index (χ0) is 17.0. The first-order valence-electron chi connectivity index (χ1n) is 7.65. The van der Waals surface area contributed by atoms with Gasteiger partial charge in [0.15, 0.2) is 11.0 Å². The Morgan fingerprint density at radius 1 is 1.17 bits per heavy atom. The van der Waals surface area contributed by atoms with E-state index in [-0.39, 0.29) is 18.0 Å². The summed E-state index contributed by atoms with van der Waals surface area (Å²) >= 11 is 1.42. The summed E-state index contributed by atoms with van der Waals surface area (Å²) in [5.74, 6) is 1.25. The summed E-state index contributed by atoms with van der Waals surface area (Å²) in [5.41, 5.74) is 0.958. The second-order valence-corrected chi connectivity index (χ2v) is 6.82. The molecule has 6 nitrogen and oxygen atoms in total. The van der Waals surface area contributed by atoms with Crippen molar-refractivity contribution in [1.82, 2.24) is 24.6 Å². The Kier molecular flexibility index (Phi) is 5.76. The summed E-state index contributed by atoms with van der Waals surface area (Å²) in [7, 11) is 1.91. The third-order valence-electron chi connectivity index (χ3n) is 3.50. The van der Waals surface area contributed by atoms with Gasteiger partial charge in [-0.25, -0.2) is 0 Å². The first-order valence-corrected chi connectivity index (χ1v) is 8.64. The molecule has 23 heavy (non-hydrogen) atoms. The monoisotopic (exact) mass is 333 g/mol. The summed E-state index contributed by atoms with van der Waals surface area (Å²) in [4.78, 5) is 18.3. The second-order valence-electron chi connectivity index (χ2n) is 5.88. The lowest BCUT2D eigenvalue weighted by atomic mass is 10.2. The average molecular weight is 333 g/mol. The fourth-order valence-electron chi connectivity index (χ4n) is 2.57. The molecule has 2 rings (SSSR count). The van der Waals surface area contributed by atoms with Crippen molar-refractivity contribution in [2.24, 2.45) is 7.05 Å². The molecule has 0 N–H and O–H groups in total. The van der Waals surface area contributed by atoms with E-state index in [4.69, 9.17) is 0 Å². The lowest BCUT2D eigenvalue weighted by Gasteiger charge is -2.30. The highest BCUT2D eigenvalue weighted by Gasteiger charge is 2.21. The molecular formula is C16H23N5OS. The van der Waals surface area contributed by atoms with Crippen LogP contribution in [-0.2, 0) is 11.8 Å². The molecule has 0 aliphatic carbocycles. The lowest BCUT2D eigenvalue weighted by molar-refractivity contribution is -0.131. The normalized spacial score (nSPS) is 11.3. The van der Waals surface area contributed by atoms with Crippen LogP contribution in [0.15, 0.2) is 29.7 Å². The number of hydrogen-bond acceptors (Lipinski definition) is 5. The summed E-state index contributed by atoms with van der Waals surface area (Å²) in [6, 6.07) is 4.16. The molecule has 124 valence electrons. The van der Waals surface area contributed by atoms with Crippen LogP contribution in [0.2, 0.25) is 0 Å². The van der Waals surface area contributed by atoms with Crippen LogP contribution < -0.4 is 0 Å². The van der Waals surface area contributed by atoms with Gasteiger partial charge in [-0.2, -0.15) is 0 Å². The summed E-state index contributed by atoms with van der Waals surface area (Å²) in [6.07, 6.45) is 3.45. The van der Waals surface area contributed by atoms with Crippen molar-refractivity contribution in [2.45, 2.75) is 44.9 Å². The zero-order valence-corrected chi connectivity index (χ0v) is 15.0. The third kappa shape index (κ3) is 4.10. The molecular weight excluding hydrogens is 310 g/mol. The molecule has 0 fully saturated rings. The molecule has 2 aromatic rings. The quantitative estimate of drug-likeness (QED) is 0.760. The highest BCUT2D eigenvalue weighted by Crippen LogP contribution is 2.22. The Morgan fingerprint density at radius 3 is 2.35 bits per heavy atom. The van der Waals surface area contributed by atoms with Crippen molar-refractivity contribution in [3.63, 3.8) is 0 Å². The number of thioether (sulfide) groups is 1. The van der Waals surface area contributed by atoms with Crippen LogP contribution >= 0.6 is 11.8 Å². The standard InChI is InChI=1S/C16H23N5OS/c1-11(2)21(12(3)4)14(22)10-23-16-19-18-15(20(16)5)13-6-8-17-9-7-13/h6-9,11-12H,10H2,1-5H3. The molecule has 0 spiro atoms. The molecule has 0 aliphatic rings. The number of hydrogen-bond donors (Lipinski definition) is 0. The van der Waals surface area contributed by atoms with E-state index >= 15 is 0 Å². The molecule has 1 amide bonds. The van der Waals surface area contributed by atoms with Gasteiger partial charge >= 0.3 is 0 Å². The minimum Gasteiger partial charge on any atom is -0.337 e. The van der Waals surface area contributed by atoms with Crippen molar-refractivity contribution in [3.8, 4) is 11.4 Å². The van der Waals surface area contributed by atoms with Crippen molar-refractivity contribution in [2.75, 3.05) is 5.75 Å². The Hall–Kier alpha value is -1.89. The van der Waals surface area contributed by atoms with Gasteiger partial charge in [-0.05, 0) is 39.8 Å². The van der Waals surface area contributed by atoms with Gasteiger partial charge in [0.05, 0.1) is 5.75 Å². The number of pyridine rings is 1. The number of nitrogens with zero attached hydrogens (tertiary/aromatic N) is 5. The fourth-order valence-corrected chi connectivity index (χ4v) is 3.35. The predicted molar refractivity (Wildman–Crippen MR) is 92.1 cm³/mol. The Balaban J connectivity index is 2.08. The van der Waals surface area contributed by atoms with Crippen molar-refractivity contribution < 1.29 is 4.79 Å². The summed E-state index contributed by atoms with van der Waals surface area (Å²) < 4.78 is 1.91. The molecule has 2 aromatic heterocycles. The minimum atomic E-state index is 0.119. The molecule has 0 radical (unpaired) electrons. The van der Waals surface area contributed by atoms with Crippen molar-refractivity contribution in [1.29, 1.82) is 0 Å². The maximum atomic E-state index is 12.4. The lowest BCUT2D eigenvalue weighted by Crippen LogP contribution is -2.43. The first-order chi connectivity index (χ1) is 10.9. The number of carbonyl (C=O) groups excluding carboxylic acids is 1. The number of rotatable bonds is 6. The zero-order valence-electron chi connectivity index (χ0n) is 14.2. The van der Waals surface area contributed by atoms with E-state index in [1.165, 1.54) is 11.8 Å². The van der Waals surface area contributed by atoms with E-state index in [0.29, 0.717) is 5.75 Å². The molecule has 7 heteroatoms. The molecule has 0 aromatic carbocycles. The number of carbonyl (C=O) groups is 1. The highest BCUT2D eigenvalue weighted by atomic mass is 32.2. The van der Waals surface area contributed by atoms with Gasteiger partial charge in [-0.15, -0.1) is 10.2 Å². The van der Waals surface area contributed by atoms with Crippen LogP contribution in [0.5, 0.6) is 0 Å². The maximum Gasteiger partial charge on any atom is 0.233 e. The second kappa shape index (κ2) is 7.59. The van der Waals surface area contributed by atoms with E-state index in [2.05, 4.69) is 15.2 Å². The Bertz CT molecular complexity index is 646. The molecule has 0 aliphatic heterocycles. The van der Waals surface area contributed by atoms with Gasteiger partial charge in [0, 0.05) is 37.1 Å². The maximum absolute atomic E-state index is 12.4. The van der Waals surface area contributed by atoms with Gasteiger partial charge in [0.1, 0.15) is 0 Å². The van der Waals surface area contributed by atoms with Crippen LogP contribution in [0.25, 0.3) is 11.4 Å². The van der Waals surface area contributed by atoms with E-state index in [9.17, 15) is 4.79 Å². The van der Waals surface area contributed by atoms with Crippen LogP contribution in [0, 0.1) is 0 Å². The van der Waals surface area contributed by atoms with Crippen molar-refractivity contribution in [3.05, 3.63) is 24.5 Å². The Labute approximate surface area is 141 Å². The summed E-state index contributed by atoms with van der Waals surface area (Å²) in [6.45, 7) is 8.14. The van der Waals surface area contributed by atoms with Crippen LogP contribution in [0.3, 0.4) is 0 Å². The van der Waals surface area contributed by atoms with Gasteiger partial charge in [-0.1, -0.05) is 11.8 Å². The average Bonchev–Trinajstić information content (AvgIpc) is 2.86. The van der Waals surface area contributed by atoms with Gasteiger partial charge in [0.25, 0.3) is 0 Å². The van der Waals surface area contributed by atoms with Crippen LogP contribution in [-0.4, -0.2) is 48.4 Å². The molecule has 0 saturated heterocycles. The van der Waals surface area contributed by atoms with E-state index in [0.717, 1.165) is 16.5 Å². The first kappa shape index (κ1) is 17.5. The highest BCUT2D eigenvalue weighted by molar-refractivity contribution is 7.99. The molecule has 2 heterocycles. The van der Waals surface area contributed by atoms with Gasteiger partial charge in [-0.3, -0.25) is 9.78 Å². The fraction of sp³-hybridized carbons (Fsp3) is 0.500. The van der Waals surface area contributed by atoms with E-state index in [1.807, 2.05) is 56.3 Å². The number of aromatic nitrogens is 4. The predicted octanol–water partition coefficient (Wildman–Crippen LogP) is 2.61. The molecule has 0 bridgehead atoms. The molecule has 0 unspecified atom stereocenters.